The van der Waals surface area contributed by atoms with Crippen LogP contribution in [-0.2, 0) is 11.0 Å². The van der Waals surface area contributed by atoms with E-state index in [-0.39, 0.29) is 30.3 Å². The Morgan fingerprint density at radius 3 is 2.60 bits per heavy atom. The number of pyridine rings is 1. The van der Waals surface area contributed by atoms with E-state index in [4.69, 9.17) is 5.26 Å². The summed E-state index contributed by atoms with van der Waals surface area (Å²) in [4.78, 5) is 16.1. The van der Waals surface area contributed by atoms with Crippen molar-refractivity contribution in [2.24, 2.45) is 0 Å². The lowest BCUT2D eigenvalue weighted by atomic mass is 10.2. The fourth-order valence-electron chi connectivity index (χ4n) is 1.35. The molecule has 0 spiro atoms. The largest absolute Gasteiger partial charge is 0.433 e. The van der Waals surface area contributed by atoms with Crippen LogP contribution >= 0.6 is 0 Å². The lowest BCUT2D eigenvalue weighted by molar-refractivity contribution is -0.141. The van der Waals surface area contributed by atoms with Crippen molar-refractivity contribution in [3.05, 3.63) is 23.4 Å². The van der Waals surface area contributed by atoms with Crippen LogP contribution in [0.25, 0.3) is 0 Å². The molecule has 0 bridgehead atoms. The number of alkyl halides is 3. The van der Waals surface area contributed by atoms with Gasteiger partial charge < -0.3 is 10.2 Å². The first-order valence-electron chi connectivity index (χ1n) is 5.68. The number of carbonyl (C=O) groups excluding carboxylic acids is 1. The van der Waals surface area contributed by atoms with Crippen LogP contribution in [0.3, 0.4) is 0 Å². The minimum absolute atomic E-state index is 0.00435. The number of halogens is 3. The second kappa shape index (κ2) is 6.23. The van der Waals surface area contributed by atoms with E-state index in [1.165, 1.54) is 4.90 Å². The molecule has 5 nitrogen and oxygen atoms in total. The van der Waals surface area contributed by atoms with Gasteiger partial charge in [-0.3, -0.25) is 4.79 Å². The van der Waals surface area contributed by atoms with Crippen molar-refractivity contribution in [1.82, 2.24) is 9.88 Å². The van der Waals surface area contributed by atoms with Crippen molar-refractivity contribution in [3.8, 4) is 6.07 Å². The molecule has 0 fully saturated rings. The molecular weight excluding hydrogens is 273 g/mol. The predicted octanol–water partition coefficient (Wildman–Crippen LogP) is 1.86. The summed E-state index contributed by atoms with van der Waals surface area (Å²) in [5.41, 5.74) is -1.09. The molecule has 108 valence electrons. The standard InChI is InChI=1S/C12H13F3N4O/c1-19(2)10(20)5-6-17-11-8(7-16)3-4-9(18-11)12(13,14)15/h3-4H,5-6H2,1-2H3,(H,17,18). The number of hydrogen-bond acceptors (Lipinski definition) is 4. The summed E-state index contributed by atoms with van der Waals surface area (Å²) in [6, 6.07) is 3.54. The summed E-state index contributed by atoms with van der Waals surface area (Å²) in [7, 11) is 3.15. The molecular formula is C12H13F3N4O. The molecule has 0 saturated carbocycles. The quantitative estimate of drug-likeness (QED) is 0.917. The summed E-state index contributed by atoms with van der Waals surface area (Å²) < 4.78 is 37.6. The molecule has 0 aliphatic carbocycles. The second-order valence-corrected chi connectivity index (χ2v) is 4.17. The molecule has 1 rings (SSSR count). The van der Waals surface area contributed by atoms with E-state index in [1.807, 2.05) is 0 Å². The summed E-state index contributed by atoms with van der Waals surface area (Å²) >= 11 is 0. The summed E-state index contributed by atoms with van der Waals surface area (Å²) in [5.74, 6) is -0.350. The Kier molecular flexibility index (Phi) is 4.91. The topological polar surface area (TPSA) is 69.0 Å². The zero-order chi connectivity index (χ0) is 15.3. The molecule has 0 aliphatic heterocycles. The molecule has 0 unspecified atom stereocenters. The van der Waals surface area contributed by atoms with Crippen LogP contribution in [0.2, 0.25) is 0 Å². The number of nitrogens with zero attached hydrogens (tertiary/aromatic N) is 3. The molecule has 0 aliphatic rings. The fraction of sp³-hybridized carbons (Fsp3) is 0.417. The van der Waals surface area contributed by atoms with Gasteiger partial charge in [-0.15, -0.1) is 0 Å². The number of hydrogen-bond donors (Lipinski definition) is 1. The molecule has 1 heterocycles. The van der Waals surface area contributed by atoms with E-state index in [2.05, 4.69) is 10.3 Å². The van der Waals surface area contributed by atoms with Gasteiger partial charge in [0.1, 0.15) is 17.6 Å². The highest BCUT2D eigenvalue weighted by molar-refractivity contribution is 5.76. The van der Waals surface area contributed by atoms with E-state index in [9.17, 15) is 18.0 Å². The first-order valence-corrected chi connectivity index (χ1v) is 5.68. The van der Waals surface area contributed by atoms with Crippen molar-refractivity contribution in [2.75, 3.05) is 26.0 Å². The zero-order valence-electron chi connectivity index (χ0n) is 11.0. The lowest BCUT2D eigenvalue weighted by Crippen LogP contribution is -2.24. The predicted molar refractivity (Wildman–Crippen MR) is 65.8 cm³/mol. The Morgan fingerprint density at radius 2 is 2.10 bits per heavy atom. The normalized spacial score (nSPS) is 10.8. The highest BCUT2D eigenvalue weighted by Crippen LogP contribution is 2.29. The summed E-state index contributed by atoms with van der Waals surface area (Å²) in [6.45, 7) is 0.0972. The number of aromatic nitrogens is 1. The molecule has 8 heteroatoms. The minimum Gasteiger partial charge on any atom is -0.368 e. The third-order valence-corrected chi connectivity index (χ3v) is 2.44. The van der Waals surface area contributed by atoms with E-state index in [0.29, 0.717) is 0 Å². The highest BCUT2D eigenvalue weighted by atomic mass is 19.4. The number of carbonyl (C=O) groups is 1. The summed E-state index contributed by atoms with van der Waals surface area (Å²) in [6.07, 6.45) is -4.49. The van der Waals surface area contributed by atoms with Crippen LogP contribution in [0.4, 0.5) is 19.0 Å². The van der Waals surface area contributed by atoms with Crippen molar-refractivity contribution in [1.29, 1.82) is 5.26 Å². The lowest BCUT2D eigenvalue weighted by Gasteiger charge is -2.13. The third-order valence-electron chi connectivity index (χ3n) is 2.44. The van der Waals surface area contributed by atoms with Crippen molar-refractivity contribution < 1.29 is 18.0 Å². The second-order valence-electron chi connectivity index (χ2n) is 4.17. The number of nitrogens with one attached hydrogen (secondary N) is 1. The Hall–Kier alpha value is -2.30. The van der Waals surface area contributed by atoms with Gasteiger partial charge in [0.25, 0.3) is 0 Å². The Bertz CT molecular complexity index is 534. The van der Waals surface area contributed by atoms with E-state index >= 15 is 0 Å². The van der Waals surface area contributed by atoms with Crippen LogP contribution in [0, 0.1) is 11.3 Å². The Balaban J connectivity index is 2.83. The van der Waals surface area contributed by atoms with Gasteiger partial charge in [0.15, 0.2) is 0 Å². The SMILES string of the molecule is CN(C)C(=O)CCNc1nc(C(F)(F)F)ccc1C#N. The molecule has 1 amide bonds. The first kappa shape index (κ1) is 15.8. The molecule has 0 radical (unpaired) electrons. The van der Waals surface area contributed by atoms with Crippen LogP contribution in [0.15, 0.2) is 12.1 Å². The number of amides is 1. The van der Waals surface area contributed by atoms with Crippen molar-refractivity contribution in [2.45, 2.75) is 12.6 Å². The molecule has 1 aromatic rings. The Morgan fingerprint density at radius 1 is 1.45 bits per heavy atom. The van der Waals surface area contributed by atoms with Crippen molar-refractivity contribution >= 4 is 11.7 Å². The van der Waals surface area contributed by atoms with E-state index in [1.54, 1.807) is 20.2 Å². The van der Waals surface area contributed by atoms with E-state index < -0.39 is 11.9 Å². The molecule has 1 aromatic heterocycles. The van der Waals surface area contributed by atoms with Crippen LogP contribution in [0.1, 0.15) is 17.7 Å². The van der Waals surface area contributed by atoms with Gasteiger partial charge >= 0.3 is 6.18 Å². The highest BCUT2D eigenvalue weighted by Gasteiger charge is 2.33. The van der Waals surface area contributed by atoms with Crippen LogP contribution in [-0.4, -0.2) is 36.4 Å². The monoisotopic (exact) mass is 286 g/mol. The average Bonchev–Trinajstić information content (AvgIpc) is 2.37. The van der Waals surface area contributed by atoms with Crippen molar-refractivity contribution in [3.63, 3.8) is 0 Å². The maximum absolute atomic E-state index is 12.5. The number of anilines is 1. The van der Waals surface area contributed by atoms with E-state index in [0.717, 1.165) is 12.1 Å². The Labute approximate surface area is 114 Å². The zero-order valence-corrected chi connectivity index (χ0v) is 11.0. The minimum atomic E-state index is -4.58. The maximum Gasteiger partial charge on any atom is 0.433 e. The van der Waals surface area contributed by atoms with Gasteiger partial charge in [0.2, 0.25) is 5.91 Å². The molecule has 20 heavy (non-hydrogen) atoms. The fourth-order valence-corrected chi connectivity index (χ4v) is 1.35. The van der Waals surface area contributed by atoms with Gasteiger partial charge in [-0.25, -0.2) is 4.98 Å². The molecule has 0 aromatic carbocycles. The van der Waals surface area contributed by atoms with Gasteiger partial charge in [0, 0.05) is 27.1 Å². The molecule has 0 saturated heterocycles. The van der Waals surface area contributed by atoms with Gasteiger partial charge in [-0.05, 0) is 12.1 Å². The average molecular weight is 286 g/mol. The third kappa shape index (κ3) is 4.12. The van der Waals surface area contributed by atoms with Gasteiger partial charge in [0.05, 0.1) is 5.56 Å². The van der Waals surface area contributed by atoms with Gasteiger partial charge in [-0.2, -0.15) is 18.4 Å². The number of nitriles is 1. The maximum atomic E-state index is 12.5. The molecule has 1 N–H and O–H groups in total. The smallest absolute Gasteiger partial charge is 0.368 e. The summed E-state index contributed by atoms with van der Waals surface area (Å²) in [5, 5.41) is 11.4. The van der Waals surface area contributed by atoms with Crippen LogP contribution < -0.4 is 5.32 Å². The molecule has 0 atom stereocenters. The van der Waals surface area contributed by atoms with Gasteiger partial charge in [-0.1, -0.05) is 0 Å². The van der Waals surface area contributed by atoms with Crippen LogP contribution in [0.5, 0.6) is 0 Å². The first-order chi connectivity index (χ1) is 9.25. The number of rotatable bonds is 4.